The first-order valence-corrected chi connectivity index (χ1v) is 4.57. The molecule has 1 heterocycles. The van der Waals surface area contributed by atoms with Gasteiger partial charge in [0, 0.05) is 22.1 Å². The van der Waals surface area contributed by atoms with Gasteiger partial charge < -0.3 is 10.1 Å². The number of nitrogens with one attached hydrogen (secondary N) is 1. The quantitative estimate of drug-likeness (QED) is 0.334. The number of rotatable bonds is 1. The molecule has 0 aliphatic heterocycles. The normalized spacial score (nSPS) is 9.88. The van der Waals surface area contributed by atoms with E-state index < -0.39 is 11.0 Å². The van der Waals surface area contributed by atoms with Crippen LogP contribution in [-0.2, 0) is 0 Å². The Kier molecular flexibility index (Phi) is 2.52. The lowest BCUT2D eigenvalue weighted by Gasteiger charge is -1.96. The molecule has 0 fully saturated rings. The minimum absolute atomic E-state index is 0.231. The van der Waals surface area contributed by atoms with Gasteiger partial charge in [0.15, 0.2) is 0 Å². The molecule has 7 heteroatoms. The summed E-state index contributed by atoms with van der Waals surface area (Å²) in [6.07, 6.45) is 0. The molecule has 7 nitrogen and oxygen atoms in total. The second-order valence-corrected chi connectivity index (χ2v) is 3.27. The fourth-order valence-electron chi connectivity index (χ4n) is 1.42. The predicted molar refractivity (Wildman–Crippen MR) is 61.3 cm³/mol. The molecule has 2 rings (SSSR count). The standard InChI is InChI=1S/C10H6N4O3/c11-14-13-5-1-2-7-6(3-5)8(15)4-9(16)10(17)12-7/h1-4,15H,(H,12,16,17). The van der Waals surface area contributed by atoms with Crippen molar-refractivity contribution < 1.29 is 5.11 Å². The summed E-state index contributed by atoms with van der Waals surface area (Å²) in [4.78, 5) is 27.3. The van der Waals surface area contributed by atoms with Crippen LogP contribution in [0.4, 0.5) is 5.69 Å². The van der Waals surface area contributed by atoms with Crippen LogP contribution < -0.4 is 11.0 Å². The highest BCUT2D eigenvalue weighted by molar-refractivity contribution is 5.86. The number of nitrogens with zero attached hydrogens (tertiary/aromatic N) is 3. The number of fused-ring (bicyclic) bond motifs is 1. The van der Waals surface area contributed by atoms with Crippen LogP contribution in [-0.4, -0.2) is 10.1 Å². The number of aromatic amines is 1. The van der Waals surface area contributed by atoms with E-state index >= 15 is 0 Å². The lowest BCUT2D eigenvalue weighted by molar-refractivity contribution is 0.481. The zero-order chi connectivity index (χ0) is 12.4. The molecule has 0 atom stereocenters. The van der Waals surface area contributed by atoms with Crippen molar-refractivity contribution in [1.29, 1.82) is 0 Å². The number of hydrogen-bond donors (Lipinski definition) is 2. The van der Waals surface area contributed by atoms with Crippen molar-refractivity contribution in [2.75, 3.05) is 0 Å². The van der Waals surface area contributed by atoms with Crippen LogP contribution in [0.15, 0.2) is 39.0 Å². The zero-order valence-electron chi connectivity index (χ0n) is 8.41. The van der Waals surface area contributed by atoms with Crippen molar-refractivity contribution in [2.24, 2.45) is 5.11 Å². The van der Waals surface area contributed by atoms with E-state index in [1.807, 2.05) is 0 Å². The van der Waals surface area contributed by atoms with Gasteiger partial charge in [0.25, 0.3) is 5.56 Å². The first-order chi connectivity index (χ1) is 8.11. The Morgan fingerprint density at radius 1 is 1.29 bits per heavy atom. The number of azide groups is 1. The second-order valence-electron chi connectivity index (χ2n) is 3.27. The summed E-state index contributed by atoms with van der Waals surface area (Å²) in [5.74, 6) is -0.349. The van der Waals surface area contributed by atoms with Gasteiger partial charge in [0.2, 0.25) is 5.43 Å². The number of H-pyrrole nitrogens is 1. The second kappa shape index (κ2) is 3.99. The first-order valence-electron chi connectivity index (χ1n) is 4.57. The van der Waals surface area contributed by atoms with E-state index in [4.69, 9.17) is 5.53 Å². The van der Waals surface area contributed by atoms with Crippen LogP contribution in [0.5, 0.6) is 5.75 Å². The van der Waals surface area contributed by atoms with Crippen molar-refractivity contribution in [1.82, 2.24) is 4.98 Å². The van der Waals surface area contributed by atoms with Crippen molar-refractivity contribution in [2.45, 2.75) is 0 Å². The smallest absolute Gasteiger partial charge is 0.296 e. The number of aromatic nitrogens is 1. The molecule has 17 heavy (non-hydrogen) atoms. The highest BCUT2D eigenvalue weighted by Gasteiger charge is 2.03. The first kappa shape index (κ1) is 10.7. The third kappa shape index (κ3) is 1.95. The highest BCUT2D eigenvalue weighted by atomic mass is 16.3. The molecule has 1 aromatic carbocycles. The van der Waals surface area contributed by atoms with Gasteiger partial charge in [-0.05, 0) is 17.7 Å². The fourth-order valence-corrected chi connectivity index (χ4v) is 1.42. The van der Waals surface area contributed by atoms with Crippen LogP contribution in [0.2, 0.25) is 0 Å². The maximum atomic E-state index is 11.2. The summed E-state index contributed by atoms with van der Waals surface area (Å²) < 4.78 is 0. The largest absolute Gasteiger partial charge is 0.507 e. The van der Waals surface area contributed by atoms with Crippen molar-refractivity contribution in [3.05, 3.63) is 55.3 Å². The molecule has 0 amide bonds. The van der Waals surface area contributed by atoms with Gasteiger partial charge in [-0.1, -0.05) is 11.2 Å². The van der Waals surface area contributed by atoms with Crippen LogP contribution in [0.3, 0.4) is 0 Å². The number of hydrogen-bond acceptors (Lipinski definition) is 4. The SMILES string of the molecule is [N-]=[N+]=Nc1ccc2[nH]c(=O)c(=O)cc(O)c2c1. The van der Waals surface area contributed by atoms with Crippen molar-refractivity contribution in [3.63, 3.8) is 0 Å². The highest BCUT2D eigenvalue weighted by Crippen LogP contribution is 2.24. The molecule has 2 aromatic rings. The van der Waals surface area contributed by atoms with Crippen LogP contribution in [0.1, 0.15) is 0 Å². The maximum absolute atomic E-state index is 11.2. The Morgan fingerprint density at radius 3 is 2.76 bits per heavy atom. The summed E-state index contributed by atoms with van der Waals surface area (Å²) in [5, 5.41) is 13.2. The molecule has 2 N–H and O–H groups in total. The van der Waals surface area contributed by atoms with E-state index in [2.05, 4.69) is 15.0 Å². The van der Waals surface area contributed by atoms with Crippen LogP contribution >= 0.6 is 0 Å². The third-order valence-corrected chi connectivity index (χ3v) is 2.18. The van der Waals surface area contributed by atoms with Gasteiger partial charge in [-0.2, -0.15) is 0 Å². The Labute approximate surface area is 93.6 Å². The predicted octanol–water partition coefficient (Wildman–Crippen LogP) is 1.54. The Hall–Kier alpha value is -2.79. The molecule has 1 aromatic heterocycles. The van der Waals surface area contributed by atoms with E-state index in [0.717, 1.165) is 6.07 Å². The zero-order valence-corrected chi connectivity index (χ0v) is 8.41. The molecule has 0 bridgehead atoms. The maximum Gasteiger partial charge on any atom is 0.296 e. The molecule has 0 radical (unpaired) electrons. The molecule has 0 saturated carbocycles. The fraction of sp³-hybridized carbons (Fsp3) is 0. The van der Waals surface area contributed by atoms with Crippen molar-refractivity contribution in [3.8, 4) is 5.75 Å². The lowest BCUT2D eigenvalue weighted by atomic mass is 10.2. The Morgan fingerprint density at radius 2 is 2.06 bits per heavy atom. The Balaban J connectivity index is 2.97. The lowest BCUT2D eigenvalue weighted by Crippen LogP contribution is -2.22. The number of aromatic hydroxyl groups is 1. The molecule has 84 valence electrons. The van der Waals surface area contributed by atoms with Crippen LogP contribution in [0.25, 0.3) is 21.3 Å². The number of benzene rings is 1. The van der Waals surface area contributed by atoms with Gasteiger partial charge in [0.1, 0.15) is 5.75 Å². The average Bonchev–Trinajstić information content (AvgIpc) is 2.39. The molecule has 0 spiro atoms. The van der Waals surface area contributed by atoms with Gasteiger partial charge in [0.05, 0.1) is 5.52 Å². The van der Waals surface area contributed by atoms with E-state index in [0.29, 0.717) is 0 Å². The van der Waals surface area contributed by atoms with E-state index in [-0.39, 0.29) is 22.3 Å². The minimum Gasteiger partial charge on any atom is -0.507 e. The van der Waals surface area contributed by atoms with Crippen molar-refractivity contribution >= 4 is 16.6 Å². The van der Waals surface area contributed by atoms with Gasteiger partial charge in [-0.15, -0.1) is 0 Å². The summed E-state index contributed by atoms with van der Waals surface area (Å²) in [7, 11) is 0. The monoisotopic (exact) mass is 230 g/mol. The molecule has 0 unspecified atom stereocenters. The Bertz CT molecular complexity index is 759. The topological polar surface area (TPSA) is 119 Å². The molecule has 0 aliphatic carbocycles. The van der Waals surface area contributed by atoms with E-state index in [1.54, 1.807) is 0 Å². The molecular weight excluding hydrogens is 224 g/mol. The molecule has 0 saturated heterocycles. The van der Waals surface area contributed by atoms with Gasteiger partial charge in [-0.25, -0.2) is 0 Å². The van der Waals surface area contributed by atoms with Crippen LogP contribution in [0, 0.1) is 0 Å². The molecular formula is C10H6N4O3. The van der Waals surface area contributed by atoms with E-state index in [9.17, 15) is 14.7 Å². The molecule has 0 aliphatic rings. The minimum atomic E-state index is -0.843. The summed E-state index contributed by atoms with van der Waals surface area (Å²) >= 11 is 0. The van der Waals surface area contributed by atoms with E-state index in [1.165, 1.54) is 18.2 Å². The summed E-state index contributed by atoms with van der Waals surface area (Å²) in [5.41, 5.74) is 7.17. The van der Waals surface area contributed by atoms with Gasteiger partial charge in [-0.3, -0.25) is 9.59 Å². The summed E-state index contributed by atoms with van der Waals surface area (Å²) in [6, 6.07) is 5.10. The third-order valence-electron chi connectivity index (χ3n) is 2.18. The summed E-state index contributed by atoms with van der Waals surface area (Å²) in [6.45, 7) is 0. The average molecular weight is 230 g/mol. The van der Waals surface area contributed by atoms with Gasteiger partial charge >= 0.3 is 0 Å².